The van der Waals surface area contributed by atoms with E-state index in [1.54, 1.807) is 12.1 Å². The van der Waals surface area contributed by atoms with Gasteiger partial charge in [-0.3, -0.25) is 0 Å². The molecule has 2 nitrogen and oxygen atoms in total. The number of hydrogen-bond acceptors (Lipinski definition) is 3. The number of thiazole rings is 1. The van der Waals surface area contributed by atoms with Crippen molar-refractivity contribution in [2.24, 2.45) is 5.73 Å². The van der Waals surface area contributed by atoms with E-state index in [1.165, 1.54) is 17.4 Å². The van der Waals surface area contributed by atoms with Gasteiger partial charge in [0, 0.05) is 17.0 Å². The van der Waals surface area contributed by atoms with Crippen molar-refractivity contribution in [1.82, 2.24) is 4.98 Å². The second kappa shape index (κ2) is 4.49. The van der Waals surface area contributed by atoms with Crippen LogP contribution in [0.25, 0.3) is 10.6 Å². The van der Waals surface area contributed by atoms with Crippen molar-refractivity contribution in [1.29, 1.82) is 0 Å². The molecule has 0 spiro atoms. The van der Waals surface area contributed by atoms with E-state index in [4.69, 9.17) is 17.3 Å². The van der Waals surface area contributed by atoms with E-state index in [0.717, 1.165) is 16.3 Å². The minimum Gasteiger partial charge on any atom is -0.323 e. The van der Waals surface area contributed by atoms with Crippen LogP contribution in [0.1, 0.15) is 18.7 Å². The van der Waals surface area contributed by atoms with Gasteiger partial charge < -0.3 is 5.73 Å². The fourth-order valence-electron chi connectivity index (χ4n) is 1.26. The molecule has 5 heteroatoms. The van der Waals surface area contributed by atoms with Crippen LogP contribution < -0.4 is 5.73 Å². The van der Waals surface area contributed by atoms with Gasteiger partial charge in [-0.2, -0.15) is 0 Å². The first kappa shape index (κ1) is 11.5. The SMILES string of the molecule is CC(N)c1csc(-c2ccc(F)c(Cl)c2)n1. The van der Waals surface area contributed by atoms with Gasteiger partial charge in [0.25, 0.3) is 0 Å². The van der Waals surface area contributed by atoms with Crippen molar-refractivity contribution in [3.63, 3.8) is 0 Å². The van der Waals surface area contributed by atoms with Gasteiger partial charge in [-0.25, -0.2) is 9.37 Å². The zero-order valence-corrected chi connectivity index (χ0v) is 10.1. The first-order chi connectivity index (χ1) is 7.58. The van der Waals surface area contributed by atoms with Gasteiger partial charge >= 0.3 is 0 Å². The maximum Gasteiger partial charge on any atom is 0.141 e. The quantitative estimate of drug-likeness (QED) is 0.891. The molecular weight excluding hydrogens is 247 g/mol. The Hall–Kier alpha value is -0.970. The highest BCUT2D eigenvalue weighted by Gasteiger charge is 2.09. The molecule has 2 rings (SSSR count). The summed E-state index contributed by atoms with van der Waals surface area (Å²) < 4.78 is 13.0. The predicted molar refractivity (Wildman–Crippen MR) is 65.1 cm³/mol. The molecule has 0 saturated heterocycles. The summed E-state index contributed by atoms with van der Waals surface area (Å²) in [6, 6.07) is 4.47. The molecule has 1 aromatic heterocycles. The van der Waals surface area contributed by atoms with Gasteiger partial charge in [0.15, 0.2) is 0 Å². The lowest BCUT2D eigenvalue weighted by Gasteiger charge is -1.99. The van der Waals surface area contributed by atoms with E-state index in [9.17, 15) is 4.39 Å². The Labute approximate surface area is 102 Å². The van der Waals surface area contributed by atoms with Crippen LogP contribution in [-0.4, -0.2) is 4.98 Å². The van der Waals surface area contributed by atoms with Crippen molar-refractivity contribution in [3.8, 4) is 10.6 Å². The van der Waals surface area contributed by atoms with Crippen molar-refractivity contribution < 1.29 is 4.39 Å². The summed E-state index contributed by atoms with van der Waals surface area (Å²) >= 11 is 7.18. The molecule has 0 bridgehead atoms. The molecule has 1 aromatic carbocycles. The smallest absolute Gasteiger partial charge is 0.141 e. The van der Waals surface area contributed by atoms with Crippen molar-refractivity contribution in [2.75, 3.05) is 0 Å². The van der Waals surface area contributed by atoms with Crippen LogP contribution >= 0.6 is 22.9 Å². The summed E-state index contributed by atoms with van der Waals surface area (Å²) in [6.07, 6.45) is 0. The van der Waals surface area contributed by atoms with Gasteiger partial charge in [0.1, 0.15) is 10.8 Å². The molecule has 0 fully saturated rings. The summed E-state index contributed by atoms with van der Waals surface area (Å²) in [4.78, 5) is 4.36. The Kier molecular flexibility index (Phi) is 3.23. The highest BCUT2D eigenvalue weighted by atomic mass is 35.5. The summed E-state index contributed by atoms with van der Waals surface area (Å²) in [6.45, 7) is 1.87. The summed E-state index contributed by atoms with van der Waals surface area (Å²) in [5, 5.41) is 2.81. The largest absolute Gasteiger partial charge is 0.323 e. The Bertz CT molecular complexity index is 510. The van der Waals surface area contributed by atoms with Crippen LogP contribution in [0.2, 0.25) is 5.02 Å². The third-order valence-corrected chi connectivity index (χ3v) is 3.35. The first-order valence-corrected chi connectivity index (χ1v) is 6.00. The van der Waals surface area contributed by atoms with Gasteiger partial charge in [0.2, 0.25) is 0 Å². The average Bonchev–Trinajstić information content (AvgIpc) is 2.71. The van der Waals surface area contributed by atoms with Crippen LogP contribution in [0, 0.1) is 5.82 Å². The number of rotatable bonds is 2. The van der Waals surface area contributed by atoms with Gasteiger partial charge in [-0.15, -0.1) is 11.3 Å². The van der Waals surface area contributed by atoms with Crippen LogP contribution in [0.5, 0.6) is 0 Å². The molecular formula is C11H10ClFN2S. The zero-order chi connectivity index (χ0) is 11.7. The monoisotopic (exact) mass is 256 g/mol. The Morgan fingerprint density at radius 1 is 1.50 bits per heavy atom. The van der Waals surface area contributed by atoms with Crippen molar-refractivity contribution in [2.45, 2.75) is 13.0 Å². The lowest BCUT2D eigenvalue weighted by atomic mass is 10.2. The molecule has 0 aliphatic carbocycles. The first-order valence-electron chi connectivity index (χ1n) is 4.74. The molecule has 0 saturated carbocycles. The molecule has 1 heterocycles. The van der Waals surface area contributed by atoms with Crippen molar-refractivity contribution in [3.05, 3.63) is 40.1 Å². The highest BCUT2D eigenvalue weighted by molar-refractivity contribution is 7.13. The maximum absolute atomic E-state index is 13.0. The topological polar surface area (TPSA) is 38.9 Å². The van der Waals surface area contributed by atoms with Gasteiger partial charge in [0.05, 0.1) is 10.7 Å². The van der Waals surface area contributed by atoms with Gasteiger partial charge in [-0.1, -0.05) is 11.6 Å². The van der Waals surface area contributed by atoms with Gasteiger partial charge in [-0.05, 0) is 25.1 Å². The lowest BCUT2D eigenvalue weighted by molar-refractivity contribution is 0.628. The minimum atomic E-state index is -0.422. The molecule has 2 aromatic rings. The summed E-state index contributed by atoms with van der Waals surface area (Å²) in [5.74, 6) is -0.422. The molecule has 0 aliphatic rings. The maximum atomic E-state index is 13.0. The van der Waals surface area contributed by atoms with E-state index < -0.39 is 5.82 Å². The fraction of sp³-hybridized carbons (Fsp3) is 0.182. The van der Waals surface area contributed by atoms with E-state index in [-0.39, 0.29) is 11.1 Å². The number of benzene rings is 1. The predicted octanol–water partition coefficient (Wildman–Crippen LogP) is 3.62. The average molecular weight is 257 g/mol. The second-order valence-electron chi connectivity index (χ2n) is 3.50. The number of halogens is 2. The molecule has 2 N–H and O–H groups in total. The number of hydrogen-bond donors (Lipinski definition) is 1. The van der Waals surface area contributed by atoms with E-state index in [0.29, 0.717) is 0 Å². The third kappa shape index (κ3) is 2.24. The molecule has 16 heavy (non-hydrogen) atoms. The lowest BCUT2D eigenvalue weighted by Crippen LogP contribution is -2.04. The van der Waals surface area contributed by atoms with Crippen LogP contribution in [0.4, 0.5) is 4.39 Å². The number of nitrogens with two attached hydrogens (primary N) is 1. The summed E-state index contributed by atoms with van der Waals surface area (Å²) in [5.41, 5.74) is 7.36. The van der Waals surface area contributed by atoms with Crippen LogP contribution in [-0.2, 0) is 0 Å². The van der Waals surface area contributed by atoms with Crippen molar-refractivity contribution >= 4 is 22.9 Å². The second-order valence-corrected chi connectivity index (χ2v) is 4.76. The van der Waals surface area contributed by atoms with E-state index >= 15 is 0 Å². The van der Waals surface area contributed by atoms with E-state index in [2.05, 4.69) is 4.98 Å². The molecule has 0 radical (unpaired) electrons. The Morgan fingerprint density at radius 2 is 2.25 bits per heavy atom. The molecule has 0 amide bonds. The zero-order valence-electron chi connectivity index (χ0n) is 8.58. The van der Waals surface area contributed by atoms with E-state index in [1.807, 2.05) is 12.3 Å². The van der Waals surface area contributed by atoms with Crippen LogP contribution in [0.3, 0.4) is 0 Å². The fourth-order valence-corrected chi connectivity index (χ4v) is 2.36. The molecule has 84 valence electrons. The molecule has 1 unspecified atom stereocenters. The van der Waals surface area contributed by atoms with Crippen LogP contribution in [0.15, 0.2) is 23.6 Å². The highest BCUT2D eigenvalue weighted by Crippen LogP contribution is 2.28. The molecule has 1 atom stereocenters. The number of nitrogens with zero attached hydrogens (tertiary/aromatic N) is 1. The summed E-state index contributed by atoms with van der Waals surface area (Å²) in [7, 11) is 0. The number of aromatic nitrogens is 1. The Balaban J connectivity index is 2.39. The molecule has 0 aliphatic heterocycles. The Morgan fingerprint density at radius 3 is 2.81 bits per heavy atom. The normalized spacial score (nSPS) is 12.8. The standard InChI is InChI=1S/C11H10ClFN2S/c1-6(14)10-5-16-11(15-10)7-2-3-9(13)8(12)4-7/h2-6H,14H2,1H3. The minimum absolute atomic E-state index is 0.0964. The third-order valence-electron chi connectivity index (χ3n) is 2.16.